The van der Waals surface area contributed by atoms with Crippen LogP contribution in [0.5, 0.6) is 11.5 Å². The summed E-state index contributed by atoms with van der Waals surface area (Å²) in [7, 11) is 0. The molecule has 0 saturated heterocycles. The van der Waals surface area contributed by atoms with E-state index in [1.807, 2.05) is 0 Å². The molecule has 27 heavy (non-hydrogen) atoms. The van der Waals surface area contributed by atoms with Gasteiger partial charge in [-0.05, 0) is 36.8 Å². The Kier molecular flexibility index (Phi) is 5.38. The van der Waals surface area contributed by atoms with Crippen LogP contribution in [0.15, 0.2) is 47.4 Å². The van der Waals surface area contributed by atoms with Crippen LogP contribution >= 0.6 is 11.6 Å². The molecule has 0 radical (unpaired) electrons. The first-order valence-corrected chi connectivity index (χ1v) is 8.13. The average Bonchev–Trinajstić information content (AvgIpc) is 2.60. The maximum Gasteiger partial charge on any atom is 0.266 e. The van der Waals surface area contributed by atoms with E-state index in [4.69, 9.17) is 16.3 Å². The Morgan fingerprint density at radius 2 is 2.00 bits per heavy atom. The Hall–Kier alpha value is -2.97. The predicted octanol–water partition coefficient (Wildman–Crippen LogP) is 3.91. The number of aryl methyl sites for hydroxylation is 1. The Morgan fingerprint density at radius 3 is 2.70 bits per heavy atom. The summed E-state index contributed by atoms with van der Waals surface area (Å²) in [5, 5.41) is 18.7. The normalized spacial score (nSPS) is 11.9. The quantitative estimate of drug-likeness (QED) is 0.572. The van der Waals surface area contributed by atoms with Crippen LogP contribution < -0.4 is 15.6 Å². The highest BCUT2D eigenvalue weighted by atomic mass is 35.5. The number of anilines is 1. The van der Waals surface area contributed by atoms with Gasteiger partial charge in [0.05, 0.1) is 16.9 Å². The monoisotopic (exact) mass is 393 g/mol. The molecule has 0 bridgehead atoms. The molecule has 3 rings (SSSR count). The number of aliphatic hydroxyl groups excluding tert-OH is 1. The molecule has 0 fully saturated rings. The van der Waals surface area contributed by atoms with Crippen LogP contribution in [-0.4, -0.2) is 15.3 Å². The smallest absolute Gasteiger partial charge is 0.266 e. The van der Waals surface area contributed by atoms with E-state index in [1.165, 1.54) is 36.5 Å². The second-order valence-electron chi connectivity index (χ2n) is 5.70. The van der Waals surface area contributed by atoms with E-state index < -0.39 is 23.4 Å². The molecule has 0 aliphatic rings. The number of ether oxygens (including phenoxy) is 1. The minimum absolute atomic E-state index is 0.0286. The lowest BCUT2D eigenvalue weighted by Gasteiger charge is -2.19. The van der Waals surface area contributed by atoms with Crippen molar-refractivity contribution in [2.75, 3.05) is 5.32 Å². The number of aromatic nitrogens is 2. The summed E-state index contributed by atoms with van der Waals surface area (Å²) >= 11 is 5.83. The molecule has 1 aromatic heterocycles. The lowest BCUT2D eigenvalue weighted by Crippen LogP contribution is -2.14. The van der Waals surface area contributed by atoms with Crippen LogP contribution in [-0.2, 0) is 0 Å². The van der Waals surface area contributed by atoms with Crippen molar-refractivity contribution in [2.45, 2.75) is 13.2 Å². The molecule has 0 saturated carbocycles. The van der Waals surface area contributed by atoms with Crippen molar-refractivity contribution < 1.29 is 18.6 Å². The molecule has 0 aliphatic heterocycles. The van der Waals surface area contributed by atoms with Gasteiger partial charge in [0.25, 0.3) is 5.56 Å². The number of nitrogens with zero attached hydrogens (tertiary/aromatic N) is 1. The van der Waals surface area contributed by atoms with E-state index in [9.17, 15) is 18.7 Å². The van der Waals surface area contributed by atoms with Crippen molar-refractivity contribution in [3.63, 3.8) is 0 Å². The summed E-state index contributed by atoms with van der Waals surface area (Å²) in [5.74, 6) is -0.820. The standard InChI is InChI=1S/C18H14ClF2N3O3/c1-9-4-10(20)2-3-15(9)27-16-7-13(19)14(21)6-12(16)18(26)23-11-5-17(25)24-22-8-11/h2-8,18,26H,1H3,(H2,23,24,25). The summed E-state index contributed by atoms with van der Waals surface area (Å²) < 4.78 is 32.9. The molecule has 3 N–H and O–H groups in total. The van der Waals surface area contributed by atoms with Crippen molar-refractivity contribution in [1.29, 1.82) is 0 Å². The molecule has 140 valence electrons. The van der Waals surface area contributed by atoms with Crippen molar-refractivity contribution >= 4 is 17.3 Å². The molecule has 0 aliphatic carbocycles. The van der Waals surface area contributed by atoms with Gasteiger partial charge in [-0.2, -0.15) is 5.10 Å². The molecule has 1 atom stereocenters. The minimum Gasteiger partial charge on any atom is -0.457 e. The molecule has 6 nitrogen and oxygen atoms in total. The lowest BCUT2D eigenvalue weighted by atomic mass is 10.1. The average molecular weight is 394 g/mol. The van der Waals surface area contributed by atoms with Crippen molar-refractivity contribution in [3.8, 4) is 11.5 Å². The number of halogens is 3. The third-order valence-electron chi connectivity index (χ3n) is 3.67. The number of hydrogen-bond acceptors (Lipinski definition) is 5. The van der Waals surface area contributed by atoms with Crippen LogP contribution in [0.4, 0.5) is 14.5 Å². The van der Waals surface area contributed by atoms with Gasteiger partial charge in [0.15, 0.2) is 6.23 Å². The van der Waals surface area contributed by atoms with Gasteiger partial charge in [0.2, 0.25) is 0 Å². The molecule has 0 amide bonds. The molecule has 1 unspecified atom stereocenters. The second kappa shape index (κ2) is 7.73. The fourth-order valence-corrected chi connectivity index (χ4v) is 2.54. The van der Waals surface area contributed by atoms with Gasteiger partial charge >= 0.3 is 0 Å². The number of hydrogen-bond donors (Lipinski definition) is 3. The maximum absolute atomic E-state index is 14.0. The van der Waals surface area contributed by atoms with Gasteiger partial charge in [-0.25, -0.2) is 13.9 Å². The molecular weight excluding hydrogens is 380 g/mol. The Morgan fingerprint density at radius 1 is 1.22 bits per heavy atom. The highest BCUT2D eigenvalue weighted by Gasteiger charge is 2.19. The van der Waals surface area contributed by atoms with Crippen molar-refractivity contribution in [1.82, 2.24) is 10.2 Å². The van der Waals surface area contributed by atoms with Crippen LogP contribution in [0.3, 0.4) is 0 Å². The summed E-state index contributed by atoms with van der Waals surface area (Å²) in [6, 6.07) is 7.28. The number of H-pyrrole nitrogens is 1. The largest absolute Gasteiger partial charge is 0.457 e. The van der Waals surface area contributed by atoms with Gasteiger partial charge in [-0.15, -0.1) is 0 Å². The van der Waals surface area contributed by atoms with Crippen LogP contribution in [0, 0.1) is 18.6 Å². The van der Waals surface area contributed by atoms with Crippen molar-refractivity contribution in [2.24, 2.45) is 0 Å². The molecule has 1 heterocycles. The number of aliphatic hydroxyl groups is 1. The number of benzene rings is 2. The number of rotatable bonds is 5. The minimum atomic E-state index is -1.43. The SMILES string of the molecule is Cc1cc(F)ccc1Oc1cc(Cl)c(F)cc1C(O)Nc1cn[nH]c(=O)c1. The highest BCUT2D eigenvalue weighted by molar-refractivity contribution is 6.30. The number of nitrogens with one attached hydrogen (secondary N) is 2. The van der Waals surface area contributed by atoms with Crippen LogP contribution in [0.25, 0.3) is 0 Å². The molecule has 9 heteroatoms. The fourth-order valence-electron chi connectivity index (χ4n) is 2.38. The third kappa shape index (κ3) is 4.42. The van der Waals surface area contributed by atoms with Gasteiger partial charge in [0.1, 0.15) is 23.1 Å². The first-order chi connectivity index (χ1) is 12.8. The predicted molar refractivity (Wildman–Crippen MR) is 96.1 cm³/mol. The van der Waals surface area contributed by atoms with E-state index in [2.05, 4.69) is 15.5 Å². The molecule has 0 spiro atoms. The topological polar surface area (TPSA) is 87.2 Å². The summed E-state index contributed by atoms with van der Waals surface area (Å²) in [6.45, 7) is 1.64. The van der Waals surface area contributed by atoms with Crippen LogP contribution in [0.2, 0.25) is 5.02 Å². The maximum atomic E-state index is 14.0. The van der Waals surface area contributed by atoms with E-state index in [0.29, 0.717) is 11.3 Å². The van der Waals surface area contributed by atoms with Gasteiger partial charge in [-0.3, -0.25) is 4.79 Å². The first kappa shape index (κ1) is 18.8. The zero-order chi connectivity index (χ0) is 19.6. The molecular formula is C18H14ClF2N3O3. The van der Waals surface area contributed by atoms with E-state index in [1.54, 1.807) is 6.92 Å². The summed E-state index contributed by atoms with van der Waals surface area (Å²) in [4.78, 5) is 11.3. The van der Waals surface area contributed by atoms with E-state index >= 15 is 0 Å². The third-order valence-corrected chi connectivity index (χ3v) is 3.96. The molecule has 2 aromatic carbocycles. The number of aromatic amines is 1. The Bertz CT molecular complexity index is 1040. The first-order valence-electron chi connectivity index (χ1n) is 7.76. The lowest BCUT2D eigenvalue weighted by molar-refractivity contribution is 0.203. The van der Waals surface area contributed by atoms with Gasteiger partial charge < -0.3 is 15.2 Å². The van der Waals surface area contributed by atoms with E-state index in [0.717, 1.165) is 6.07 Å². The van der Waals surface area contributed by atoms with Gasteiger partial charge in [-0.1, -0.05) is 11.6 Å². The van der Waals surface area contributed by atoms with E-state index in [-0.39, 0.29) is 22.0 Å². The highest BCUT2D eigenvalue weighted by Crippen LogP contribution is 2.35. The Labute approximate surface area is 157 Å². The molecule has 3 aromatic rings. The Balaban J connectivity index is 1.96. The second-order valence-corrected chi connectivity index (χ2v) is 6.10. The summed E-state index contributed by atoms with van der Waals surface area (Å²) in [6.07, 6.45) is -0.155. The summed E-state index contributed by atoms with van der Waals surface area (Å²) in [5.41, 5.74) is 0.266. The van der Waals surface area contributed by atoms with Crippen LogP contribution in [0.1, 0.15) is 17.4 Å². The zero-order valence-corrected chi connectivity index (χ0v) is 14.7. The zero-order valence-electron chi connectivity index (χ0n) is 14.0. The fraction of sp³-hybridized carbons (Fsp3) is 0.111. The van der Waals surface area contributed by atoms with Gasteiger partial charge in [0, 0.05) is 17.7 Å². The van der Waals surface area contributed by atoms with Crippen molar-refractivity contribution in [3.05, 3.63) is 80.7 Å².